The molecule has 0 saturated carbocycles. The largest absolute Gasteiger partial charge is 0.497 e. The van der Waals surface area contributed by atoms with Gasteiger partial charge in [-0.15, -0.1) is 0 Å². The minimum Gasteiger partial charge on any atom is -0.497 e. The molecule has 162 valence electrons. The van der Waals surface area contributed by atoms with Crippen molar-refractivity contribution < 1.29 is 19.1 Å². The lowest BCUT2D eigenvalue weighted by Gasteiger charge is -2.17. The van der Waals surface area contributed by atoms with E-state index in [4.69, 9.17) is 4.74 Å². The zero-order chi connectivity index (χ0) is 22.8. The average Bonchev–Trinajstić information content (AvgIpc) is 3.05. The Balaban J connectivity index is 1.48. The van der Waals surface area contributed by atoms with Crippen molar-refractivity contribution in [1.29, 1.82) is 0 Å². The van der Waals surface area contributed by atoms with Crippen molar-refractivity contribution in [2.24, 2.45) is 0 Å². The van der Waals surface area contributed by atoms with Gasteiger partial charge in [0.05, 0.1) is 23.9 Å². The predicted molar refractivity (Wildman–Crippen MR) is 123 cm³/mol. The Morgan fingerprint density at radius 3 is 2.34 bits per heavy atom. The Morgan fingerprint density at radius 1 is 0.906 bits per heavy atom. The number of carbonyl (C=O) groups excluding carboxylic acids is 3. The summed E-state index contributed by atoms with van der Waals surface area (Å²) in [4.78, 5) is 39.8. The van der Waals surface area contributed by atoms with Crippen molar-refractivity contribution >= 4 is 23.4 Å². The van der Waals surface area contributed by atoms with Gasteiger partial charge in [0.2, 0.25) is 0 Å². The van der Waals surface area contributed by atoms with Crippen LogP contribution in [0.25, 0.3) is 0 Å². The zero-order valence-corrected chi connectivity index (χ0v) is 18.3. The second-order valence-electron chi connectivity index (χ2n) is 7.85. The number of amides is 3. The predicted octanol–water partition coefficient (Wildman–Crippen LogP) is 4.09. The number of aryl methyl sites for hydroxylation is 2. The van der Waals surface area contributed by atoms with Crippen LogP contribution in [0.15, 0.2) is 60.7 Å². The van der Waals surface area contributed by atoms with E-state index in [9.17, 15) is 14.4 Å². The molecule has 0 atom stereocenters. The van der Waals surface area contributed by atoms with Gasteiger partial charge in [-0.1, -0.05) is 24.3 Å². The number of nitrogens with zero attached hydrogens (tertiary/aromatic N) is 1. The number of fused-ring (bicyclic) bond motifs is 1. The number of nitrogens with one attached hydrogen (secondary N) is 1. The Kier molecular flexibility index (Phi) is 5.77. The molecule has 1 aliphatic rings. The number of hydrogen-bond acceptors (Lipinski definition) is 4. The average molecular weight is 428 g/mol. The summed E-state index contributed by atoms with van der Waals surface area (Å²) in [6.07, 6.45) is 0.665. The molecule has 0 fully saturated rings. The first-order valence-corrected chi connectivity index (χ1v) is 10.4. The molecule has 3 aromatic carbocycles. The van der Waals surface area contributed by atoms with Crippen LogP contribution in [0.2, 0.25) is 0 Å². The molecular formula is C26H24N2O4. The van der Waals surface area contributed by atoms with Gasteiger partial charge in [-0.3, -0.25) is 14.4 Å². The highest BCUT2D eigenvalue weighted by Gasteiger charge is 2.37. The summed E-state index contributed by atoms with van der Waals surface area (Å²) in [6, 6.07) is 17.9. The van der Waals surface area contributed by atoms with Gasteiger partial charge < -0.3 is 10.1 Å². The van der Waals surface area contributed by atoms with Crippen LogP contribution in [0.1, 0.15) is 47.8 Å². The maximum atomic E-state index is 13.1. The Bertz CT molecular complexity index is 1210. The second kappa shape index (κ2) is 8.67. The molecule has 1 heterocycles. The fraction of sp³-hybridized carbons (Fsp3) is 0.192. The summed E-state index contributed by atoms with van der Waals surface area (Å²) in [7, 11) is 1.62. The first-order chi connectivity index (χ1) is 15.4. The summed E-state index contributed by atoms with van der Waals surface area (Å²) in [6.45, 7) is 4.22. The minimum atomic E-state index is -0.411. The first kappa shape index (κ1) is 21.3. The van der Waals surface area contributed by atoms with Crippen molar-refractivity contribution in [2.45, 2.75) is 20.3 Å². The quantitative estimate of drug-likeness (QED) is 0.600. The number of anilines is 1. The molecule has 3 amide bonds. The molecule has 6 nitrogen and oxygen atoms in total. The molecule has 0 bridgehead atoms. The van der Waals surface area contributed by atoms with Gasteiger partial charge in [0.1, 0.15) is 5.75 Å². The lowest BCUT2D eigenvalue weighted by molar-refractivity contribution is 0.0923. The van der Waals surface area contributed by atoms with Crippen molar-refractivity contribution in [2.75, 3.05) is 18.6 Å². The monoisotopic (exact) mass is 428 g/mol. The van der Waals surface area contributed by atoms with Crippen molar-refractivity contribution in [3.05, 3.63) is 94.0 Å². The summed E-state index contributed by atoms with van der Waals surface area (Å²) >= 11 is 0. The summed E-state index contributed by atoms with van der Waals surface area (Å²) in [5.74, 6) is -0.284. The molecule has 32 heavy (non-hydrogen) atoms. The van der Waals surface area contributed by atoms with Crippen molar-refractivity contribution in [3.63, 3.8) is 0 Å². The van der Waals surface area contributed by atoms with Crippen LogP contribution < -0.4 is 15.0 Å². The van der Waals surface area contributed by atoms with E-state index in [0.29, 0.717) is 29.8 Å². The molecule has 0 saturated heterocycles. The van der Waals surface area contributed by atoms with Gasteiger partial charge >= 0.3 is 0 Å². The van der Waals surface area contributed by atoms with E-state index in [-0.39, 0.29) is 17.4 Å². The third kappa shape index (κ3) is 3.99. The van der Waals surface area contributed by atoms with Crippen LogP contribution >= 0.6 is 0 Å². The van der Waals surface area contributed by atoms with Crippen molar-refractivity contribution in [3.8, 4) is 5.75 Å². The van der Waals surface area contributed by atoms with Gasteiger partial charge in [0.25, 0.3) is 17.7 Å². The highest BCUT2D eigenvalue weighted by Crippen LogP contribution is 2.31. The van der Waals surface area contributed by atoms with E-state index in [1.165, 1.54) is 11.0 Å². The molecule has 3 aromatic rings. The van der Waals surface area contributed by atoms with Crippen LogP contribution in [-0.2, 0) is 6.42 Å². The van der Waals surface area contributed by atoms with Gasteiger partial charge in [-0.05, 0) is 73.4 Å². The van der Waals surface area contributed by atoms with Gasteiger partial charge in [0, 0.05) is 12.1 Å². The standard InChI is InChI=1S/C26H24N2O4/c1-16-4-5-17(2)23(14-16)28-25(30)21-11-8-19(15-22(21)26(28)31)24(29)27-13-12-18-6-9-20(32-3)10-7-18/h4-11,14-15H,12-13H2,1-3H3,(H,27,29). The summed E-state index contributed by atoms with van der Waals surface area (Å²) in [5, 5.41) is 2.87. The summed E-state index contributed by atoms with van der Waals surface area (Å²) in [5.41, 5.74) is 4.35. The molecule has 0 radical (unpaired) electrons. The van der Waals surface area contributed by atoms with E-state index in [0.717, 1.165) is 22.4 Å². The topological polar surface area (TPSA) is 75.7 Å². The second-order valence-corrected chi connectivity index (χ2v) is 7.85. The van der Waals surface area contributed by atoms with Gasteiger partial charge in [-0.25, -0.2) is 4.90 Å². The van der Waals surface area contributed by atoms with E-state index in [2.05, 4.69) is 5.32 Å². The lowest BCUT2D eigenvalue weighted by Crippen LogP contribution is -2.30. The normalized spacial score (nSPS) is 12.7. The molecule has 0 spiro atoms. The van der Waals surface area contributed by atoms with E-state index >= 15 is 0 Å². The molecule has 0 unspecified atom stereocenters. The summed E-state index contributed by atoms with van der Waals surface area (Å²) < 4.78 is 5.15. The number of hydrogen-bond donors (Lipinski definition) is 1. The van der Waals surface area contributed by atoms with Crippen LogP contribution in [0.3, 0.4) is 0 Å². The van der Waals surface area contributed by atoms with Crippen LogP contribution in [0, 0.1) is 13.8 Å². The maximum Gasteiger partial charge on any atom is 0.266 e. The fourth-order valence-corrected chi connectivity index (χ4v) is 3.78. The SMILES string of the molecule is COc1ccc(CCNC(=O)c2ccc3c(c2)C(=O)N(c2cc(C)ccc2C)C3=O)cc1. The zero-order valence-electron chi connectivity index (χ0n) is 18.3. The van der Waals surface area contributed by atoms with E-state index in [1.54, 1.807) is 19.2 Å². The van der Waals surface area contributed by atoms with Crippen molar-refractivity contribution in [1.82, 2.24) is 5.32 Å². The van der Waals surface area contributed by atoms with E-state index in [1.807, 2.05) is 56.3 Å². The van der Waals surface area contributed by atoms with E-state index < -0.39 is 5.91 Å². The Labute approximate surface area is 186 Å². The third-order valence-electron chi connectivity index (χ3n) is 5.61. The molecular weight excluding hydrogens is 404 g/mol. The lowest BCUT2D eigenvalue weighted by atomic mass is 10.1. The number of carbonyl (C=O) groups is 3. The van der Waals surface area contributed by atoms with Crippen LogP contribution in [-0.4, -0.2) is 31.4 Å². The smallest absolute Gasteiger partial charge is 0.266 e. The number of benzene rings is 3. The molecule has 1 N–H and O–H groups in total. The number of imide groups is 1. The molecule has 6 heteroatoms. The fourth-order valence-electron chi connectivity index (χ4n) is 3.78. The molecule has 4 rings (SSSR count). The third-order valence-corrected chi connectivity index (χ3v) is 5.61. The number of rotatable bonds is 6. The number of methoxy groups -OCH3 is 1. The van der Waals surface area contributed by atoms with Crippen LogP contribution in [0.5, 0.6) is 5.75 Å². The minimum absolute atomic E-state index is 0.249. The highest BCUT2D eigenvalue weighted by molar-refractivity contribution is 6.35. The highest BCUT2D eigenvalue weighted by atomic mass is 16.5. The van der Waals surface area contributed by atoms with Crippen LogP contribution in [0.4, 0.5) is 5.69 Å². The number of ether oxygens (including phenoxy) is 1. The Morgan fingerprint density at radius 2 is 1.62 bits per heavy atom. The maximum absolute atomic E-state index is 13.1. The van der Waals surface area contributed by atoms with Gasteiger partial charge in [-0.2, -0.15) is 0 Å². The molecule has 0 aliphatic carbocycles. The first-order valence-electron chi connectivity index (χ1n) is 10.4. The Hall–Kier alpha value is -3.93. The van der Waals surface area contributed by atoms with Gasteiger partial charge in [0.15, 0.2) is 0 Å². The molecule has 1 aliphatic heterocycles. The molecule has 0 aromatic heterocycles.